The maximum absolute atomic E-state index is 12.4. The summed E-state index contributed by atoms with van der Waals surface area (Å²) in [5.74, 6) is -0.158. The molecule has 0 aliphatic heterocycles. The molecule has 29 heavy (non-hydrogen) atoms. The number of anilines is 2. The third-order valence-corrected chi connectivity index (χ3v) is 5.37. The number of rotatable bonds is 8. The number of amides is 2. The van der Waals surface area contributed by atoms with Gasteiger partial charge >= 0.3 is 0 Å². The van der Waals surface area contributed by atoms with Gasteiger partial charge in [-0.25, -0.2) is 0 Å². The lowest BCUT2D eigenvalue weighted by Gasteiger charge is -2.26. The molecule has 0 heterocycles. The zero-order valence-electron chi connectivity index (χ0n) is 18.5. The number of nitrogens with one attached hydrogen (secondary N) is 1. The van der Waals surface area contributed by atoms with Gasteiger partial charge in [-0.05, 0) is 81.6 Å². The van der Waals surface area contributed by atoms with Crippen LogP contribution in [0.4, 0.5) is 11.4 Å². The van der Waals surface area contributed by atoms with Gasteiger partial charge in [0.1, 0.15) is 0 Å². The van der Waals surface area contributed by atoms with E-state index in [2.05, 4.69) is 36.2 Å². The maximum atomic E-state index is 12.4. The van der Waals surface area contributed by atoms with Crippen molar-refractivity contribution in [1.82, 2.24) is 5.32 Å². The molecule has 0 atom stereocenters. The molecule has 5 nitrogen and oxygen atoms in total. The molecule has 0 saturated heterocycles. The molecule has 0 bridgehead atoms. The number of aryl methyl sites for hydroxylation is 3. The number of hydrogen-bond donors (Lipinski definition) is 1. The van der Waals surface area contributed by atoms with Crippen molar-refractivity contribution in [1.29, 1.82) is 0 Å². The first-order valence-electron chi connectivity index (χ1n) is 10.3. The van der Waals surface area contributed by atoms with E-state index in [0.717, 1.165) is 41.2 Å². The third kappa shape index (κ3) is 5.59. The van der Waals surface area contributed by atoms with Crippen molar-refractivity contribution < 1.29 is 9.59 Å². The minimum Gasteiger partial charge on any atom is -0.372 e. The zero-order valence-corrected chi connectivity index (χ0v) is 18.5. The Kier molecular flexibility index (Phi) is 7.82. The molecule has 0 radical (unpaired) electrons. The molecule has 2 rings (SSSR count). The standard InChI is InChI=1S/C24H33N3O2/c1-7-26(8-2)22-11-12-23(19(5)16-22)27(20(6)28)14-13-25-24(29)21-10-9-17(3)18(4)15-21/h9-12,15-16H,7-8,13-14H2,1-6H3,(H,25,29). The average molecular weight is 396 g/mol. The Labute approximate surface area is 174 Å². The predicted molar refractivity (Wildman–Crippen MR) is 121 cm³/mol. The van der Waals surface area contributed by atoms with Gasteiger partial charge in [-0.1, -0.05) is 6.07 Å². The minimum atomic E-state index is -0.120. The van der Waals surface area contributed by atoms with Crippen LogP contribution < -0.4 is 15.1 Å². The lowest BCUT2D eigenvalue weighted by molar-refractivity contribution is -0.116. The highest BCUT2D eigenvalue weighted by Crippen LogP contribution is 2.26. The second kappa shape index (κ2) is 10.1. The van der Waals surface area contributed by atoms with E-state index >= 15 is 0 Å². The van der Waals surface area contributed by atoms with Gasteiger partial charge < -0.3 is 15.1 Å². The first-order valence-corrected chi connectivity index (χ1v) is 10.3. The molecule has 0 aliphatic carbocycles. The summed E-state index contributed by atoms with van der Waals surface area (Å²) >= 11 is 0. The van der Waals surface area contributed by atoms with E-state index in [1.165, 1.54) is 0 Å². The van der Waals surface area contributed by atoms with Crippen molar-refractivity contribution in [3.8, 4) is 0 Å². The fourth-order valence-corrected chi connectivity index (χ4v) is 3.44. The number of nitrogens with zero attached hydrogens (tertiary/aromatic N) is 2. The van der Waals surface area contributed by atoms with Crippen LogP contribution in [0.5, 0.6) is 0 Å². The van der Waals surface area contributed by atoms with Gasteiger partial charge in [-0.3, -0.25) is 9.59 Å². The van der Waals surface area contributed by atoms with E-state index in [0.29, 0.717) is 18.7 Å². The third-order valence-electron chi connectivity index (χ3n) is 5.37. The summed E-state index contributed by atoms with van der Waals surface area (Å²) < 4.78 is 0. The van der Waals surface area contributed by atoms with E-state index in [1.54, 1.807) is 11.8 Å². The number of benzene rings is 2. The highest BCUT2D eigenvalue weighted by molar-refractivity contribution is 5.95. The van der Waals surface area contributed by atoms with Crippen LogP contribution in [-0.2, 0) is 4.79 Å². The molecule has 0 saturated carbocycles. The van der Waals surface area contributed by atoms with E-state index < -0.39 is 0 Å². The second-order valence-electron chi connectivity index (χ2n) is 7.37. The van der Waals surface area contributed by atoms with Crippen LogP contribution in [0, 0.1) is 20.8 Å². The minimum absolute atomic E-state index is 0.0379. The van der Waals surface area contributed by atoms with Crippen LogP contribution in [0.1, 0.15) is 47.8 Å². The highest BCUT2D eigenvalue weighted by Gasteiger charge is 2.16. The van der Waals surface area contributed by atoms with Crippen molar-refractivity contribution in [3.63, 3.8) is 0 Å². The van der Waals surface area contributed by atoms with Crippen LogP contribution in [0.15, 0.2) is 36.4 Å². The Balaban J connectivity index is 2.07. The van der Waals surface area contributed by atoms with Crippen molar-refractivity contribution in [2.75, 3.05) is 36.0 Å². The molecule has 1 N–H and O–H groups in total. The van der Waals surface area contributed by atoms with Crippen LogP contribution in [-0.4, -0.2) is 38.0 Å². The van der Waals surface area contributed by atoms with E-state index in [1.807, 2.05) is 45.0 Å². The molecule has 0 aliphatic rings. The Bertz CT molecular complexity index is 872. The monoisotopic (exact) mass is 395 g/mol. The quantitative estimate of drug-likeness (QED) is 0.727. The number of carbonyl (C=O) groups excluding carboxylic acids is 2. The lowest BCUT2D eigenvalue weighted by Crippen LogP contribution is -2.38. The molecule has 0 aromatic heterocycles. The molecule has 0 spiro atoms. The first-order chi connectivity index (χ1) is 13.8. The van der Waals surface area contributed by atoms with Gasteiger partial charge in [-0.2, -0.15) is 0 Å². The van der Waals surface area contributed by atoms with Gasteiger partial charge in [0.15, 0.2) is 0 Å². The Morgan fingerprint density at radius 1 is 0.897 bits per heavy atom. The molecule has 2 amide bonds. The topological polar surface area (TPSA) is 52.6 Å². The molecule has 156 valence electrons. The maximum Gasteiger partial charge on any atom is 0.251 e. The fraction of sp³-hybridized carbons (Fsp3) is 0.417. The molecular formula is C24H33N3O2. The van der Waals surface area contributed by atoms with Crippen molar-refractivity contribution >= 4 is 23.2 Å². The normalized spacial score (nSPS) is 10.6. The van der Waals surface area contributed by atoms with Crippen molar-refractivity contribution in [2.45, 2.75) is 41.5 Å². The molecule has 0 fully saturated rings. The van der Waals surface area contributed by atoms with E-state index in [9.17, 15) is 9.59 Å². The number of hydrogen-bond acceptors (Lipinski definition) is 3. The molecule has 5 heteroatoms. The Hall–Kier alpha value is -2.82. The average Bonchev–Trinajstić information content (AvgIpc) is 2.68. The van der Waals surface area contributed by atoms with E-state index in [-0.39, 0.29) is 11.8 Å². The van der Waals surface area contributed by atoms with Crippen LogP contribution in [0.25, 0.3) is 0 Å². The van der Waals surface area contributed by atoms with Gasteiger partial charge in [0.2, 0.25) is 5.91 Å². The summed E-state index contributed by atoms with van der Waals surface area (Å²) in [6, 6.07) is 11.8. The largest absolute Gasteiger partial charge is 0.372 e. The highest BCUT2D eigenvalue weighted by atomic mass is 16.2. The zero-order chi connectivity index (χ0) is 21.6. The second-order valence-corrected chi connectivity index (χ2v) is 7.37. The summed E-state index contributed by atoms with van der Waals surface area (Å²) in [4.78, 5) is 28.7. The van der Waals surface area contributed by atoms with Gasteiger partial charge in [0.05, 0.1) is 0 Å². The molecule has 2 aromatic rings. The van der Waals surface area contributed by atoms with Gasteiger partial charge in [0, 0.05) is 50.0 Å². The molecular weight excluding hydrogens is 362 g/mol. The van der Waals surface area contributed by atoms with Gasteiger partial charge in [-0.15, -0.1) is 0 Å². The summed E-state index contributed by atoms with van der Waals surface area (Å²) in [6.45, 7) is 14.6. The molecule has 2 aromatic carbocycles. The first kappa shape index (κ1) is 22.5. The summed E-state index contributed by atoms with van der Waals surface area (Å²) in [7, 11) is 0. The number of carbonyl (C=O) groups is 2. The summed E-state index contributed by atoms with van der Waals surface area (Å²) in [5.41, 5.74) is 5.98. The van der Waals surface area contributed by atoms with Gasteiger partial charge in [0.25, 0.3) is 5.91 Å². The van der Waals surface area contributed by atoms with E-state index in [4.69, 9.17) is 0 Å². The van der Waals surface area contributed by atoms with Crippen LogP contribution >= 0.6 is 0 Å². The predicted octanol–water partition coefficient (Wildman–Crippen LogP) is 4.24. The van der Waals surface area contributed by atoms with Crippen molar-refractivity contribution in [2.24, 2.45) is 0 Å². The SMILES string of the molecule is CCN(CC)c1ccc(N(CCNC(=O)c2ccc(C)c(C)c2)C(C)=O)c(C)c1. The Morgan fingerprint density at radius 2 is 1.59 bits per heavy atom. The fourth-order valence-electron chi connectivity index (χ4n) is 3.44. The Morgan fingerprint density at radius 3 is 2.14 bits per heavy atom. The van der Waals surface area contributed by atoms with Crippen LogP contribution in [0.2, 0.25) is 0 Å². The summed E-state index contributed by atoms with van der Waals surface area (Å²) in [6.07, 6.45) is 0. The van der Waals surface area contributed by atoms with Crippen molar-refractivity contribution in [3.05, 3.63) is 58.7 Å². The smallest absolute Gasteiger partial charge is 0.251 e. The summed E-state index contributed by atoms with van der Waals surface area (Å²) in [5, 5.41) is 2.93. The van der Waals surface area contributed by atoms with Crippen LogP contribution in [0.3, 0.4) is 0 Å². The lowest BCUT2D eigenvalue weighted by atomic mass is 10.1. The molecule has 0 unspecified atom stereocenters.